The summed E-state index contributed by atoms with van der Waals surface area (Å²) in [5.74, 6) is 4.01. The number of allylic oxidation sites excluding steroid dienone is 1. The van der Waals surface area contributed by atoms with E-state index in [2.05, 4.69) is 40.7 Å². The van der Waals surface area contributed by atoms with Crippen LogP contribution in [0.4, 0.5) is 0 Å². The number of aliphatic hydroxyl groups excluding tert-OH is 1. The van der Waals surface area contributed by atoms with Gasteiger partial charge in [0.1, 0.15) is 0 Å². The van der Waals surface area contributed by atoms with Crippen LogP contribution in [0.5, 0.6) is 0 Å². The van der Waals surface area contributed by atoms with Crippen LogP contribution in [0.1, 0.15) is 92.4 Å². The average Bonchev–Trinajstić information content (AvgIpc) is 3.05. The molecule has 0 aromatic carbocycles. The topological polar surface area (TPSA) is 20.2 Å². The lowest BCUT2D eigenvalue weighted by Gasteiger charge is -2.63. The monoisotopic (exact) mass is 522 g/mol. The molecule has 0 heterocycles. The van der Waals surface area contributed by atoms with Crippen molar-refractivity contribution in [3.8, 4) is 0 Å². The van der Waals surface area contributed by atoms with Gasteiger partial charge in [0.05, 0.1) is 6.10 Å². The molecule has 8 atom stereocenters. The van der Waals surface area contributed by atoms with E-state index in [0.29, 0.717) is 29.6 Å². The fourth-order valence-electron chi connectivity index (χ4n) is 8.71. The predicted octanol–water partition coefficient (Wildman–Crippen LogP) is 8.96. The van der Waals surface area contributed by atoms with Crippen molar-refractivity contribution in [1.29, 1.82) is 0 Å². The molecule has 0 aliphatic heterocycles. The van der Waals surface area contributed by atoms with Crippen LogP contribution in [0, 0.1) is 46.3 Å². The second-order valence-corrected chi connectivity index (χ2v) is 15.2. The Morgan fingerprint density at radius 3 is 2.34 bits per heavy atom. The molecular formula is C27H42Cl4O. The van der Waals surface area contributed by atoms with Gasteiger partial charge in [0.25, 0.3) is 0 Å². The Hall–Kier alpha value is 0.860. The molecule has 0 unspecified atom stereocenters. The molecule has 3 fully saturated rings. The zero-order valence-electron chi connectivity index (χ0n) is 20.4. The maximum Gasteiger partial charge on any atom is 0.177 e. The normalized spacial score (nSPS) is 45.6. The molecule has 1 nitrogen and oxygen atoms in total. The van der Waals surface area contributed by atoms with Crippen LogP contribution < -0.4 is 0 Å². The van der Waals surface area contributed by atoms with E-state index >= 15 is 0 Å². The van der Waals surface area contributed by atoms with Crippen LogP contribution in [0.3, 0.4) is 0 Å². The first-order chi connectivity index (χ1) is 14.8. The minimum atomic E-state index is -1.58. The van der Waals surface area contributed by atoms with Gasteiger partial charge in [-0.2, -0.15) is 0 Å². The summed E-state index contributed by atoms with van der Waals surface area (Å²) in [6.45, 7) is 11.9. The van der Waals surface area contributed by atoms with Crippen LogP contribution >= 0.6 is 46.4 Å². The van der Waals surface area contributed by atoms with Gasteiger partial charge in [-0.25, -0.2) is 0 Å². The fourth-order valence-corrected chi connectivity index (χ4v) is 10.0. The third-order valence-electron chi connectivity index (χ3n) is 10.6. The molecule has 0 saturated heterocycles. The van der Waals surface area contributed by atoms with Crippen molar-refractivity contribution in [3.63, 3.8) is 0 Å². The van der Waals surface area contributed by atoms with E-state index in [1.165, 1.54) is 38.5 Å². The molecule has 0 aromatic rings. The van der Waals surface area contributed by atoms with Crippen LogP contribution in [0.15, 0.2) is 11.6 Å². The van der Waals surface area contributed by atoms with Gasteiger partial charge in [-0.3, -0.25) is 0 Å². The van der Waals surface area contributed by atoms with Gasteiger partial charge < -0.3 is 5.11 Å². The van der Waals surface area contributed by atoms with Gasteiger partial charge in [-0.05, 0) is 79.4 Å². The summed E-state index contributed by atoms with van der Waals surface area (Å²) in [6, 6.07) is 0. The molecule has 0 bridgehead atoms. The van der Waals surface area contributed by atoms with Gasteiger partial charge in [0.2, 0.25) is 0 Å². The van der Waals surface area contributed by atoms with Crippen molar-refractivity contribution >= 4 is 46.4 Å². The molecule has 32 heavy (non-hydrogen) atoms. The van der Waals surface area contributed by atoms with Gasteiger partial charge in [-0.1, -0.05) is 112 Å². The van der Waals surface area contributed by atoms with E-state index in [-0.39, 0.29) is 0 Å². The predicted molar refractivity (Wildman–Crippen MR) is 139 cm³/mol. The number of rotatable bonds is 5. The fraction of sp³-hybridized carbons (Fsp3) is 0.926. The third kappa shape index (κ3) is 3.65. The van der Waals surface area contributed by atoms with E-state index in [0.717, 1.165) is 36.2 Å². The molecule has 0 radical (unpaired) electrons. The van der Waals surface area contributed by atoms with Crippen LogP contribution in [0.25, 0.3) is 0 Å². The quantitative estimate of drug-likeness (QED) is 0.281. The molecule has 4 aliphatic carbocycles. The van der Waals surface area contributed by atoms with Crippen molar-refractivity contribution in [2.75, 3.05) is 0 Å². The molecule has 4 rings (SSSR count). The summed E-state index contributed by atoms with van der Waals surface area (Å²) in [5, 5.41) is 10.6. The Labute approximate surface area is 216 Å². The van der Waals surface area contributed by atoms with Crippen molar-refractivity contribution in [2.45, 2.75) is 107 Å². The zero-order chi connectivity index (χ0) is 23.7. The van der Waals surface area contributed by atoms with E-state index in [1.807, 2.05) is 0 Å². The van der Waals surface area contributed by atoms with Crippen molar-refractivity contribution in [2.24, 2.45) is 46.3 Å². The maximum atomic E-state index is 10.6. The van der Waals surface area contributed by atoms with Gasteiger partial charge in [0.15, 0.2) is 8.67 Å². The molecular weight excluding hydrogens is 482 g/mol. The standard InChI is InChI=1S/C27H42Cl4O/c1-16(2)7-6-8-17(3)20-11-12-21-19-10-9-18-15-23(32)26(28,29)27(30,31)25(18,5)22(19)13-14-24(20,21)4/h9,16-17,19-23,32H,6-8,10-15H2,1-5H3/t17-,19+,20-,21+,22+,23+,24-,25+/m1/s1. The highest BCUT2D eigenvalue weighted by Gasteiger charge is 2.71. The van der Waals surface area contributed by atoms with E-state index in [4.69, 9.17) is 46.4 Å². The first kappa shape index (κ1) is 25.9. The third-order valence-corrected chi connectivity index (χ3v) is 13.4. The summed E-state index contributed by atoms with van der Waals surface area (Å²) < 4.78 is -3.00. The van der Waals surface area contributed by atoms with Gasteiger partial charge in [0, 0.05) is 5.41 Å². The summed E-state index contributed by atoms with van der Waals surface area (Å²) in [7, 11) is 0. The summed E-state index contributed by atoms with van der Waals surface area (Å²) in [6.07, 6.45) is 12.0. The zero-order valence-corrected chi connectivity index (χ0v) is 23.5. The van der Waals surface area contributed by atoms with E-state index < -0.39 is 20.2 Å². The van der Waals surface area contributed by atoms with Crippen LogP contribution in [0.2, 0.25) is 0 Å². The number of hydrogen-bond donors (Lipinski definition) is 1. The first-order valence-electron chi connectivity index (χ1n) is 12.9. The van der Waals surface area contributed by atoms with Crippen LogP contribution in [-0.2, 0) is 0 Å². The van der Waals surface area contributed by atoms with Crippen molar-refractivity contribution in [3.05, 3.63) is 11.6 Å². The van der Waals surface area contributed by atoms with Gasteiger partial charge in [-0.15, -0.1) is 0 Å². The Morgan fingerprint density at radius 1 is 1.00 bits per heavy atom. The highest BCUT2D eigenvalue weighted by Crippen LogP contribution is 2.73. The Balaban J connectivity index is 1.59. The molecule has 4 aliphatic rings. The number of aliphatic hydroxyl groups is 1. The van der Waals surface area contributed by atoms with Crippen LogP contribution in [-0.4, -0.2) is 19.9 Å². The molecule has 1 N–H and O–H groups in total. The first-order valence-corrected chi connectivity index (χ1v) is 14.4. The van der Waals surface area contributed by atoms with E-state index in [9.17, 15) is 5.11 Å². The maximum absolute atomic E-state index is 10.6. The second kappa shape index (κ2) is 8.76. The molecule has 3 saturated carbocycles. The van der Waals surface area contributed by atoms with Crippen molar-refractivity contribution < 1.29 is 5.11 Å². The lowest BCUT2D eigenvalue weighted by molar-refractivity contribution is -0.0624. The minimum Gasteiger partial charge on any atom is -0.390 e. The molecule has 0 amide bonds. The highest BCUT2D eigenvalue weighted by atomic mass is 35.5. The number of alkyl halides is 4. The largest absolute Gasteiger partial charge is 0.390 e. The molecule has 0 aromatic heterocycles. The SMILES string of the molecule is CC(C)CCC[C@@H](C)[C@H]1CC[C@H]2[C@@H]3CC=C4C[C@H](O)C(Cl)(Cl)C(Cl)(Cl)[C@]4(C)[C@H]3CC[C@]12C. The second-order valence-electron chi connectivity index (χ2n) is 12.5. The lowest BCUT2D eigenvalue weighted by Crippen LogP contribution is -2.65. The summed E-state index contributed by atoms with van der Waals surface area (Å²) >= 11 is 27.4. The Morgan fingerprint density at radius 2 is 1.69 bits per heavy atom. The van der Waals surface area contributed by atoms with E-state index in [1.54, 1.807) is 0 Å². The molecule has 0 spiro atoms. The minimum absolute atomic E-state index is 0.356. The number of hydrogen-bond acceptors (Lipinski definition) is 1. The number of halogens is 4. The average molecular weight is 524 g/mol. The van der Waals surface area contributed by atoms with Gasteiger partial charge >= 0.3 is 0 Å². The molecule has 184 valence electrons. The summed E-state index contributed by atoms with van der Waals surface area (Å²) in [4.78, 5) is 0. The van der Waals surface area contributed by atoms with Crippen molar-refractivity contribution in [1.82, 2.24) is 0 Å². The Kier molecular flexibility index (Phi) is 7.10. The summed E-state index contributed by atoms with van der Waals surface area (Å²) in [5.41, 5.74) is 1.05. The lowest BCUT2D eigenvalue weighted by atomic mass is 9.46. The molecule has 5 heteroatoms. The number of fused-ring (bicyclic) bond motifs is 5. The Bertz CT molecular complexity index is 746. The smallest absolute Gasteiger partial charge is 0.177 e. The highest BCUT2D eigenvalue weighted by molar-refractivity contribution is 6.63.